The van der Waals surface area contributed by atoms with Gasteiger partial charge in [-0.25, -0.2) is 8.78 Å². The van der Waals surface area contributed by atoms with E-state index in [4.69, 9.17) is 0 Å². The van der Waals surface area contributed by atoms with Crippen molar-refractivity contribution in [3.63, 3.8) is 0 Å². The highest BCUT2D eigenvalue weighted by Gasteiger charge is 2.29. The summed E-state index contributed by atoms with van der Waals surface area (Å²) in [6.07, 6.45) is 1.64. The smallest absolute Gasteiger partial charge is 0.181 e. The first kappa shape index (κ1) is 12.0. The standard InChI is InChI=1S/C11H9BrF2OS/c12-6-4-7(13)10(8(14)5-6)11(15)9-2-1-3-16-9/h4-5,9H,1-3H2. The Morgan fingerprint density at radius 2 is 2.00 bits per heavy atom. The monoisotopic (exact) mass is 306 g/mol. The molecule has 1 atom stereocenters. The van der Waals surface area contributed by atoms with Crippen molar-refractivity contribution in [2.24, 2.45) is 0 Å². The second-order valence-corrected chi connectivity index (χ2v) is 5.84. The van der Waals surface area contributed by atoms with Crippen molar-refractivity contribution < 1.29 is 13.6 Å². The molecule has 1 aliphatic rings. The van der Waals surface area contributed by atoms with E-state index in [1.54, 1.807) is 0 Å². The van der Waals surface area contributed by atoms with Crippen LogP contribution in [0.4, 0.5) is 8.78 Å². The van der Waals surface area contributed by atoms with Gasteiger partial charge in [0.2, 0.25) is 0 Å². The van der Waals surface area contributed by atoms with E-state index >= 15 is 0 Å². The van der Waals surface area contributed by atoms with Crippen molar-refractivity contribution >= 4 is 33.5 Å². The molecule has 2 rings (SSSR count). The predicted octanol–water partition coefficient (Wildman–Crippen LogP) is 3.81. The summed E-state index contributed by atoms with van der Waals surface area (Å²) in [6.45, 7) is 0. The normalized spacial score (nSPS) is 20.1. The van der Waals surface area contributed by atoms with Gasteiger partial charge in [-0.15, -0.1) is 0 Å². The fourth-order valence-electron chi connectivity index (χ4n) is 1.72. The van der Waals surface area contributed by atoms with Crippen LogP contribution in [0.25, 0.3) is 0 Å². The summed E-state index contributed by atoms with van der Waals surface area (Å²) in [5.74, 6) is -1.12. The molecule has 1 saturated heterocycles. The number of carbonyl (C=O) groups is 1. The zero-order valence-corrected chi connectivity index (χ0v) is 10.7. The molecule has 1 aliphatic heterocycles. The van der Waals surface area contributed by atoms with Crippen molar-refractivity contribution in [3.8, 4) is 0 Å². The number of benzene rings is 1. The van der Waals surface area contributed by atoms with Crippen LogP contribution < -0.4 is 0 Å². The Balaban J connectivity index is 2.35. The van der Waals surface area contributed by atoms with E-state index in [2.05, 4.69) is 15.9 Å². The summed E-state index contributed by atoms with van der Waals surface area (Å²) < 4.78 is 27.3. The van der Waals surface area contributed by atoms with E-state index in [1.165, 1.54) is 11.8 Å². The first-order chi connectivity index (χ1) is 7.59. The van der Waals surface area contributed by atoms with Crippen molar-refractivity contribution in [1.82, 2.24) is 0 Å². The van der Waals surface area contributed by atoms with Crippen LogP contribution in [0.2, 0.25) is 0 Å². The number of hydrogen-bond donors (Lipinski definition) is 0. The number of Topliss-reactive ketones (excluding diaryl/α,β-unsaturated/α-hetero) is 1. The SMILES string of the molecule is O=C(c1c(F)cc(Br)cc1F)C1CCCS1. The molecule has 0 N–H and O–H groups in total. The third-order valence-corrected chi connectivity index (χ3v) is 4.31. The highest BCUT2D eigenvalue weighted by Crippen LogP contribution is 2.31. The first-order valence-electron chi connectivity index (χ1n) is 4.90. The average molecular weight is 307 g/mol. The second kappa shape index (κ2) is 4.84. The molecule has 0 amide bonds. The molecule has 1 unspecified atom stereocenters. The fraction of sp³-hybridized carbons (Fsp3) is 0.364. The Morgan fingerprint density at radius 3 is 2.50 bits per heavy atom. The number of carbonyl (C=O) groups excluding carboxylic acids is 1. The number of thioether (sulfide) groups is 1. The number of rotatable bonds is 2. The summed E-state index contributed by atoms with van der Waals surface area (Å²) in [7, 11) is 0. The quantitative estimate of drug-likeness (QED) is 0.773. The average Bonchev–Trinajstić information content (AvgIpc) is 2.67. The van der Waals surface area contributed by atoms with Gasteiger partial charge in [0.05, 0.1) is 10.8 Å². The summed E-state index contributed by atoms with van der Waals surface area (Å²) in [4.78, 5) is 11.9. The zero-order chi connectivity index (χ0) is 11.7. The largest absolute Gasteiger partial charge is 0.293 e. The molecule has 1 heterocycles. The third-order valence-electron chi connectivity index (χ3n) is 2.48. The predicted molar refractivity (Wildman–Crippen MR) is 63.9 cm³/mol. The Bertz CT molecular complexity index is 407. The minimum absolute atomic E-state index is 0.287. The Kier molecular flexibility index (Phi) is 3.64. The van der Waals surface area contributed by atoms with Crippen molar-refractivity contribution in [2.75, 3.05) is 5.75 Å². The van der Waals surface area contributed by atoms with Gasteiger partial charge in [0.25, 0.3) is 0 Å². The topological polar surface area (TPSA) is 17.1 Å². The molecular weight excluding hydrogens is 298 g/mol. The molecule has 0 spiro atoms. The number of halogens is 3. The van der Waals surface area contributed by atoms with E-state index < -0.39 is 23.0 Å². The lowest BCUT2D eigenvalue weighted by molar-refractivity contribution is 0.0980. The maximum atomic E-state index is 13.5. The molecule has 0 aromatic heterocycles. The van der Waals surface area contributed by atoms with E-state index in [0.29, 0.717) is 10.9 Å². The number of hydrogen-bond acceptors (Lipinski definition) is 2. The molecule has 1 nitrogen and oxygen atoms in total. The molecule has 0 bridgehead atoms. The van der Waals surface area contributed by atoms with E-state index in [0.717, 1.165) is 24.3 Å². The Morgan fingerprint density at radius 1 is 1.38 bits per heavy atom. The van der Waals surface area contributed by atoms with Gasteiger partial charge in [-0.3, -0.25) is 4.79 Å². The molecular formula is C11H9BrF2OS. The summed E-state index contributed by atoms with van der Waals surface area (Å²) in [5.41, 5.74) is -0.400. The van der Waals surface area contributed by atoms with Crippen molar-refractivity contribution in [1.29, 1.82) is 0 Å². The van der Waals surface area contributed by atoms with E-state index in [9.17, 15) is 13.6 Å². The third kappa shape index (κ3) is 2.30. The number of ketones is 1. The molecule has 1 aromatic rings. The van der Waals surface area contributed by atoms with Gasteiger partial charge in [0.15, 0.2) is 5.78 Å². The minimum Gasteiger partial charge on any atom is -0.293 e. The van der Waals surface area contributed by atoms with Crippen molar-refractivity contribution in [2.45, 2.75) is 18.1 Å². The highest BCUT2D eigenvalue weighted by molar-refractivity contribution is 9.10. The van der Waals surface area contributed by atoms with Crippen LogP contribution in [0.1, 0.15) is 23.2 Å². The molecule has 0 aliphatic carbocycles. The Labute approximate surface area is 105 Å². The molecule has 16 heavy (non-hydrogen) atoms. The van der Waals surface area contributed by atoms with Crippen LogP contribution in [0, 0.1) is 11.6 Å². The van der Waals surface area contributed by atoms with Gasteiger partial charge in [-0.1, -0.05) is 15.9 Å². The van der Waals surface area contributed by atoms with Gasteiger partial charge in [0.1, 0.15) is 11.6 Å². The Hall–Kier alpha value is -0.420. The van der Waals surface area contributed by atoms with Gasteiger partial charge < -0.3 is 0 Å². The van der Waals surface area contributed by atoms with Gasteiger partial charge >= 0.3 is 0 Å². The summed E-state index contributed by atoms with van der Waals surface area (Å²) in [6, 6.07) is 2.24. The zero-order valence-electron chi connectivity index (χ0n) is 8.30. The maximum absolute atomic E-state index is 13.5. The van der Waals surface area contributed by atoms with Crippen molar-refractivity contribution in [3.05, 3.63) is 33.8 Å². The lowest BCUT2D eigenvalue weighted by Crippen LogP contribution is -2.17. The summed E-state index contributed by atoms with van der Waals surface area (Å²) >= 11 is 4.46. The minimum atomic E-state index is -0.788. The lowest BCUT2D eigenvalue weighted by Gasteiger charge is -2.09. The molecule has 5 heteroatoms. The van der Waals surface area contributed by atoms with Crippen LogP contribution in [-0.4, -0.2) is 16.8 Å². The van der Waals surface area contributed by atoms with Gasteiger partial charge in [0, 0.05) is 4.47 Å². The molecule has 0 saturated carbocycles. The highest BCUT2D eigenvalue weighted by atomic mass is 79.9. The van der Waals surface area contributed by atoms with E-state index in [-0.39, 0.29) is 5.25 Å². The maximum Gasteiger partial charge on any atom is 0.181 e. The molecule has 0 radical (unpaired) electrons. The van der Waals surface area contributed by atoms with E-state index in [1.807, 2.05) is 0 Å². The van der Waals surface area contributed by atoms with Crippen LogP contribution in [0.5, 0.6) is 0 Å². The molecule has 1 fully saturated rings. The summed E-state index contributed by atoms with van der Waals surface area (Å²) in [5, 5.41) is -0.287. The molecule has 1 aromatic carbocycles. The van der Waals surface area contributed by atoms with Crippen LogP contribution >= 0.6 is 27.7 Å². The first-order valence-corrected chi connectivity index (χ1v) is 6.74. The van der Waals surface area contributed by atoms with Crippen LogP contribution in [0.15, 0.2) is 16.6 Å². The van der Waals surface area contributed by atoms with Crippen LogP contribution in [0.3, 0.4) is 0 Å². The molecule has 86 valence electrons. The van der Waals surface area contributed by atoms with Crippen LogP contribution in [-0.2, 0) is 0 Å². The second-order valence-electron chi connectivity index (χ2n) is 3.61. The fourth-order valence-corrected chi connectivity index (χ4v) is 3.35. The van der Waals surface area contributed by atoms with Gasteiger partial charge in [-0.2, -0.15) is 11.8 Å². The lowest BCUT2D eigenvalue weighted by atomic mass is 10.0. The van der Waals surface area contributed by atoms with Gasteiger partial charge in [-0.05, 0) is 30.7 Å².